The number of aromatic nitrogens is 3. The molecular weight excluding hydrogens is 502 g/mol. The van der Waals surface area contributed by atoms with Crippen LogP contribution in [0.15, 0.2) is 73.1 Å². The molecule has 0 radical (unpaired) electrons. The molecule has 38 heavy (non-hydrogen) atoms. The average molecular weight is 530 g/mol. The molecule has 4 aromatic rings. The van der Waals surface area contributed by atoms with Crippen LogP contribution in [0.5, 0.6) is 0 Å². The zero-order valence-corrected chi connectivity index (χ0v) is 21.9. The Kier molecular flexibility index (Phi) is 7.26. The zero-order valence-electron chi connectivity index (χ0n) is 21.2. The molecule has 0 unspecified atom stereocenters. The number of hydrogen-bond acceptors (Lipinski definition) is 7. The highest BCUT2D eigenvalue weighted by Gasteiger charge is 2.21. The Morgan fingerprint density at radius 2 is 2.03 bits per heavy atom. The Morgan fingerprint density at radius 1 is 1.21 bits per heavy atom. The van der Waals surface area contributed by atoms with Gasteiger partial charge in [-0.05, 0) is 67.9 Å². The van der Waals surface area contributed by atoms with Crippen LogP contribution in [-0.2, 0) is 11.3 Å². The fraction of sp³-hybridized carbons (Fsp3) is 0.241. The standard InChI is InChI=1S/C29H28ClN5O3/c1-17-15-35(16-18(2)38-17)28-6-4-5-25(34-28)26-8-7-20-13-31-24(12-27(20)33-26)14-32-29(37)22-9-21(19(3)36)10-23(30)11-22/h4-13,18-19,36H,1,14-16H2,2-3H3,(H,32,37)/t18-,19+/m0/s1. The number of aliphatic hydroxyl groups is 1. The van der Waals surface area contributed by atoms with Crippen LogP contribution in [0.25, 0.3) is 22.3 Å². The topological polar surface area (TPSA) is 100 Å². The van der Waals surface area contributed by atoms with Crippen molar-refractivity contribution in [1.29, 1.82) is 0 Å². The number of amides is 1. The van der Waals surface area contributed by atoms with Crippen molar-refractivity contribution in [1.82, 2.24) is 20.3 Å². The van der Waals surface area contributed by atoms with Gasteiger partial charge < -0.3 is 20.1 Å². The first-order valence-corrected chi connectivity index (χ1v) is 12.7. The second kappa shape index (κ2) is 10.8. The number of ether oxygens (including phenoxy) is 1. The summed E-state index contributed by atoms with van der Waals surface area (Å²) >= 11 is 6.12. The molecule has 1 aromatic carbocycles. The Balaban J connectivity index is 1.34. The van der Waals surface area contributed by atoms with E-state index in [-0.39, 0.29) is 18.6 Å². The van der Waals surface area contributed by atoms with E-state index in [1.165, 1.54) is 0 Å². The summed E-state index contributed by atoms with van der Waals surface area (Å²) in [6.07, 6.45) is 1.06. The number of aliphatic hydroxyl groups excluding tert-OH is 1. The molecular formula is C29H28ClN5O3. The summed E-state index contributed by atoms with van der Waals surface area (Å²) in [6, 6.07) is 16.5. The van der Waals surface area contributed by atoms with E-state index in [4.69, 9.17) is 26.3 Å². The average Bonchev–Trinajstić information content (AvgIpc) is 2.90. The molecule has 1 aliphatic heterocycles. The monoisotopic (exact) mass is 529 g/mol. The summed E-state index contributed by atoms with van der Waals surface area (Å²) in [5, 5.41) is 14.0. The zero-order chi connectivity index (χ0) is 26.8. The molecule has 1 saturated heterocycles. The minimum absolute atomic E-state index is 0.0473. The number of hydrogen-bond donors (Lipinski definition) is 2. The number of benzene rings is 1. The Hall–Kier alpha value is -4.01. The van der Waals surface area contributed by atoms with Crippen molar-refractivity contribution in [2.24, 2.45) is 0 Å². The molecule has 8 nitrogen and oxygen atoms in total. The second-order valence-corrected chi connectivity index (χ2v) is 9.86. The van der Waals surface area contributed by atoms with Crippen molar-refractivity contribution in [3.05, 3.63) is 95.0 Å². The van der Waals surface area contributed by atoms with Crippen LogP contribution in [-0.4, -0.2) is 45.2 Å². The van der Waals surface area contributed by atoms with E-state index in [9.17, 15) is 9.90 Å². The molecule has 0 spiro atoms. The van der Waals surface area contributed by atoms with Gasteiger partial charge in [-0.15, -0.1) is 0 Å². The third kappa shape index (κ3) is 5.77. The third-order valence-corrected chi connectivity index (χ3v) is 6.48. The number of halogens is 1. The van der Waals surface area contributed by atoms with Gasteiger partial charge in [0, 0.05) is 22.2 Å². The molecule has 4 heterocycles. The van der Waals surface area contributed by atoms with Crippen LogP contribution in [0.3, 0.4) is 0 Å². The molecule has 0 bridgehead atoms. The van der Waals surface area contributed by atoms with E-state index < -0.39 is 6.10 Å². The van der Waals surface area contributed by atoms with Crippen LogP contribution in [0.2, 0.25) is 5.02 Å². The quantitative estimate of drug-likeness (QED) is 0.360. The fourth-order valence-electron chi connectivity index (χ4n) is 4.42. The van der Waals surface area contributed by atoms with Crippen LogP contribution < -0.4 is 10.2 Å². The number of nitrogens with one attached hydrogen (secondary N) is 1. The highest BCUT2D eigenvalue weighted by atomic mass is 35.5. The van der Waals surface area contributed by atoms with E-state index in [0.717, 1.165) is 40.4 Å². The molecule has 1 amide bonds. The maximum absolute atomic E-state index is 12.7. The third-order valence-electron chi connectivity index (χ3n) is 6.26. The van der Waals surface area contributed by atoms with Gasteiger partial charge in [0.15, 0.2) is 0 Å². The number of nitrogens with zero attached hydrogens (tertiary/aromatic N) is 4. The molecule has 9 heteroatoms. The Labute approximate surface area is 226 Å². The SMILES string of the molecule is C=C1CN(c2cccc(-c3ccc4cnc(CNC(=O)c5cc(Cl)cc([C@@H](C)O)c5)cc4n3)n2)C[C@H](C)O1. The number of fused-ring (bicyclic) bond motifs is 1. The van der Waals surface area contributed by atoms with Crippen molar-refractivity contribution in [3.63, 3.8) is 0 Å². The molecule has 0 saturated carbocycles. The first kappa shape index (κ1) is 25.6. The van der Waals surface area contributed by atoms with Crippen molar-refractivity contribution in [2.75, 3.05) is 18.0 Å². The molecule has 5 rings (SSSR count). The Morgan fingerprint density at radius 3 is 2.82 bits per heavy atom. The maximum atomic E-state index is 12.7. The highest BCUT2D eigenvalue weighted by molar-refractivity contribution is 6.31. The Bertz CT molecular complexity index is 1520. The first-order valence-electron chi connectivity index (χ1n) is 12.3. The van der Waals surface area contributed by atoms with Gasteiger partial charge in [-0.25, -0.2) is 9.97 Å². The van der Waals surface area contributed by atoms with E-state index in [1.807, 2.05) is 43.3 Å². The number of morpholine rings is 1. The summed E-state index contributed by atoms with van der Waals surface area (Å²) in [7, 11) is 0. The van der Waals surface area contributed by atoms with Gasteiger partial charge in [0.1, 0.15) is 17.7 Å². The van der Waals surface area contributed by atoms with Crippen LogP contribution in [0.4, 0.5) is 5.82 Å². The largest absolute Gasteiger partial charge is 0.492 e. The highest BCUT2D eigenvalue weighted by Crippen LogP contribution is 2.25. The van der Waals surface area contributed by atoms with Gasteiger partial charge in [0.05, 0.1) is 48.3 Å². The van der Waals surface area contributed by atoms with Gasteiger partial charge in [0.25, 0.3) is 5.91 Å². The predicted molar refractivity (Wildman–Crippen MR) is 148 cm³/mol. The molecule has 0 aliphatic carbocycles. The lowest BCUT2D eigenvalue weighted by atomic mass is 10.1. The van der Waals surface area contributed by atoms with E-state index in [1.54, 1.807) is 31.3 Å². The van der Waals surface area contributed by atoms with Crippen molar-refractivity contribution >= 4 is 34.2 Å². The fourth-order valence-corrected chi connectivity index (χ4v) is 4.66. The summed E-state index contributed by atoms with van der Waals surface area (Å²) in [5.74, 6) is 1.27. The molecule has 3 aromatic heterocycles. The van der Waals surface area contributed by atoms with Crippen LogP contribution >= 0.6 is 11.6 Å². The van der Waals surface area contributed by atoms with E-state index >= 15 is 0 Å². The second-order valence-electron chi connectivity index (χ2n) is 9.43. The predicted octanol–water partition coefficient (Wildman–Crippen LogP) is 5.07. The maximum Gasteiger partial charge on any atom is 0.251 e. The lowest BCUT2D eigenvalue weighted by Gasteiger charge is -2.33. The summed E-state index contributed by atoms with van der Waals surface area (Å²) in [5.41, 5.74) is 3.87. The first-order chi connectivity index (χ1) is 18.2. The van der Waals surface area contributed by atoms with Gasteiger partial charge in [-0.3, -0.25) is 9.78 Å². The van der Waals surface area contributed by atoms with Crippen LogP contribution in [0.1, 0.15) is 41.6 Å². The summed E-state index contributed by atoms with van der Waals surface area (Å²) in [4.78, 5) is 29.0. The lowest BCUT2D eigenvalue weighted by molar-refractivity contribution is 0.0950. The molecule has 1 fully saturated rings. The lowest BCUT2D eigenvalue weighted by Crippen LogP contribution is -2.40. The van der Waals surface area contributed by atoms with Gasteiger partial charge in [-0.2, -0.15) is 0 Å². The number of rotatable bonds is 6. The number of carbonyl (C=O) groups excluding carboxylic acids is 1. The molecule has 2 atom stereocenters. The van der Waals surface area contributed by atoms with E-state index in [2.05, 4.69) is 21.8 Å². The van der Waals surface area contributed by atoms with Gasteiger partial charge in [0.2, 0.25) is 0 Å². The molecule has 194 valence electrons. The smallest absolute Gasteiger partial charge is 0.251 e. The molecule has 1 aliphatic rings. The minimum Gasteiger partial charge on any atom is -0.492 e. The molecule has 2 N–H and O–H groups in total. The van der Waals surface area contributed by atoms with Crippen molar-refractivity contribution in [2.45, 2.75) is 32.6 Å². The number of pyridine rings is 3. The van der Waals surface area contributed by atoms with Gasteiger partial charge >= 0.3 is 0 Å². The van der Waals surface area contributed by atoms with Crippen LogP contribution in [0, 0.1) is 0 Å². The minimum atomic E-state index is -0.727. The normalized spacial score (nSPS) is 16.3. The van der Waals surface area contributed by atoms with Crippen molar-refractivity contribution < 1.29 is 14.6 Å². The summed E-state index contributed by atoms with van der Waals surface area (Å²) < 4.78 is 5.67. The van der Waals surface area contributed by atoms with Gasteiger partial charge in [-0.1, -0.05) is 24.2 Å². The summed E-state index contributed by atoms with van der Waals surface area (Å²) in [6.45, 7) is 9.15. The number of carbonyl (C=O) groups is 1. The van der Waals surface area contributed by atoms with E-state index in [0.29, 0.717) is 28.4 Å². The van der Waals surface area contributed by atoms with Crippen molar-refractivity contribution in [3.8, 4) is 11.4 Å². The number of anilines is 1.